The van der Waals surface area contributed by atoms with Crippen LogP contribution in [-0.4, -0.2) is 29.8 Å². The van der Waals surface area contributed by atoms with Crippen LogP contribution >= 0.6 is 11.6 Å². The molecule has 0 aliphatic heterocycles. The smallest absolute Gasteiger partial charge is 0.312 e. The number of phenolic OH excluding ortho intramolecular Hbond substituents is 1. The second-order valence-corrected chi connectivity index (χ2v) is 4.17. The number of benzene rings is 1. The van der Waals surface area contributed by atoms with Crippen molar-refractivity contribution < 1.29 is 19.7 Å². The Kier molecular flexibility index (Phi) is 4.81. The van der Waals surface area contributed by atoms with Gasteiger partial charge in [-0.25, -0.2) is 0 Å². The van der Waals surface area contributed by atoms with Gasteiger partial charge in [-0.15, -0.1) is 0 Å². The molecule has 0 aliphatic carbocycles. The zero-order valence-corrected chi connectivity index (χ0v) is 11.0. The van der Waals surface area contributed by atoms with Crippen LogP contribution in [0.2, 0.25) is 5.02 Å². The molecule has 1 atom stereocenters. The van der Waals surface area contributed by atoms with Crippen LogP contribution in [0.3, 0.4) is 0 Å². The van der Waals surface area contributed by atoms with Gasteiger partial charge in [-0.2, -0.15) is 0 Å². The molecule has 18 heavy (non-hydrogen) atoms. The zero-order valence-electron chi connectivity index (χ0n) is 10.2. The number of hydrogen-bond donors (Lipinski definition) is 3. The molecule has 1 rings (SSSR count). The molecule has 1 unspecified atom stereocenters. The Balaban J connectivity index is 3.53. The van der Waals surface area contributed by atoms with Gasteiger partial charge in [-0.1, -0.05) is 18.5 Å². The van der Waals surface area contributed by atoms with E-state index in [1.165, 1.54) is 7.11 Å². The number of carboxylic acids is 1. The lowest BCUT2D eigenvalue weighted by atomic mass is 9.95. The first-order chi connectivity index (χ1) is 8.47. The molecule has 6 heteroatoms. The van der Waals surface area contributed by atoms with Gasteiger partial charge in [0.2, 0.25) is 0 Å². The first kappa shape index (κ1) is 14.6. The largest absolute Gasteiger partial charge is 0.504 e. The van der Waals surface area contributed by atoms with Crippen LogP contribution in [0.25, 0.3) is 0 Å². The number of rotatable bonds is 5. The molecule has 0 radical (unpaired) electrons. The molecule has 0 saturated heterocycles. The number of phenols is 1. The molecule has 0 fully saturated rings. The van der Waals surface area contributed by atoms with E-state index in [0.717, 1.165) is 0 Å². The maximum absolute atomic E-state index is 11.1. The van der Waals surface area contributed by atoms with E-state index in [4.69, 9.17) is 27.2 Å². The monoisotopic (exact) mass is 273 g/mol. The van der Waals surface area contributed by atoms with E-state index in [0.29, 0.717) is 12.0 Å². The maximum atomic E-state index is 11.1. The van der Waals surface area contributed by atoms with Crippen LogP contribution < -0.4 is 10.5 Å². The number of aryl methyl sites for hydroxylation is 1. The minimum absolute atomic E-state index is 0.114. The molecule has 100 valence electrons. The van der Waals surface area contributed by atoms with Gasteiger partial charge in [0.1, 0.15) is 0 Å². The van der Waals surface area contributed by atoms with E-state index in [2.05, 4.69) is 0 Å². The quantitative estimate of drug-likeness (QED) is 0.760. The van der Waals surface area contributed by atoms with Crippen molar-refractivity contribution in [1.29, 1.82) is 0 Å². The predicted molar refractivity (Wildman–Crippen MR) is 68.5 cm³/mol. The summed E-state index contributed by atoms with van der Waals surface area (Å²) in [5.41, 5.74) is 6.26. The van der Waals surface area contributed by atoms with E-state index in [1.807, 2.05) is 6.92 Å². The van der Waals surface area contributed by atoms with Gasteiger partial charge in [0, 0.05) is 12.1 Å². The Morgan fingerprint density at radius 1 is 1.61 bits per heavy atom. The zero-order chi connectivity index (χ0) is 13.9. The number of methoxy groups -OCH3 is 1. The molecule has 1 aromatic carbocycles. The minimum atomic E-state index is -1.13. The lowest BCUT2D eigenvalue weighted by molar-refractivity contribution is -0.138. The Hall–Kier alpha value is -1.46. The molecule has 0 spiro atoms. The van der Waals surface area contributed by atoms with Crippen LogP contribution in [0.5, 0.6) is 11.5 Å². The number of ether oxygens (including phenoxy) is 1. The topological polar surface area (TPSA) is 92.8 Å². The normalized spacial score (nSPS) is 12.2. The molecule has 0 heterocycles. The maximum Gasteiger partial charge on any atom is 0.312 e. The van der Waals surface area contributed by atoms with Gasteiger partial charge >= 0.3 is 5.97 Å². The molecule has 0 aromatic heterocycles. The van der Waals surface area contributed by atoms with E-state index in [1.54, 1.807) is 6.07 Å². The summed E-state index contributed by atoms with van der Waals surface area (Å²) in [5, 5.41) is 19.4. The Morgan fingerprint density at radius 2 is 2.22 bits per heavy atom. The predicted octanol–water partition coefficient (Wildman–Crippen LogP) is 1.74. The Morgan fingerprint density at radius 3 is 2.61 bits per heavy atom. The summed E-state index contributed by atoms with van der Waals surface area (Å²) in [6.07, 6.45) is 0.597. The van der Waals surface area contributed by atoms with Crippen molar-refractivity contribution >= 4 is 17.6 Å². The van der Waals surface area contributed by atoms with Crippen LogP contribution in [0.1, 0.15) is 24.0 Å². The highest BCUT2D eigenvalue weighted by Crippen LogP contribution is 2.42. The van der Waals surface area contributed by atoms with E-state index in [-0.39, 0.29) is 28.6 Å². The van der Waals surface area contributed by atoms with Crippen molar-refractivity contribution in [2.45, 2.75) is 19.3 Å². The molecule has 0 amide bonds. The van der Waals surface area contributed by atoms with Crippen molar-refractivity contribution in [2.75, 3.05) is 13.7 Å². The van der Waals surface area contributed by atoms with Gasteiger partial charge in [0.25, 0.3) is 0 Å². The lowest BCUT2D eigenvalue weighted by Crippen LogP contribution is -2.22. The number of aliphatic carboxylic acids is 1. The number of hydrogen-bond acceptors (Lipinski definition) is 4. The fraction of sp³-hybridized carbons (Fsp3) is 0.417. The van der Waals surface area contributed by atoms with E-state index < -0.39 is 11.9 Å². The molecule has 4 N–H and O–H groups in total. The Labute approximate surface area is 110 Å². The van der Waals surface area contributed by atoms with Crippen LogP contribution in [0.4, 0.5) is 0 Å². The summed E-state index contributed by atoms with van der Waals surface area (Å²) in [4.78, 5) is 11.1. The van der Waals surface area contributed by atoms with Crippen LogP contribution in [-0.2, 0) is 11.2 Å². The first-order valence-corrected chi connectivity index (χ1v) is 5.86. The van der Waals surface area contributed by atoms with E-state index >= 15 is 0 Å². The van der Waals surface area contributed by atoms with Gasteiger partial charge in [-0.3, -0.25) is 4.79 Å². The van der Waals surface area contributed by atoms with Crippen molar-refractivity contribution in [1.82, 2.24) is 0 Å². The highest BCUT2D eigenvalue weighted by Gasteiger charge is 2.28. The summed E-state index contributed by atoms with van der Waals surface area (Å²) >= 11 is 6.13. The highest BCUT2D eigenvalue weighted by atomic mass is 35.5. The van der Waals surface area contributed by atoms with Gasteiger partial charge in [0.15, 0.2) is 11.5 Å². The van der Waals surface area contributed by atoms with Crippen LogP contribution in [0.15, 0.2) is 6.07 Å². The van der Waals surface area contributed by atoms with Crippen molar-refractivity contribution in [3.8, 4) is 11.5 Å². The van der Waals surface area contributed by atoms with Gasteiger partial charge in [-0.05, 0) is 18.1 Å². The summed E-state index contributed by atoms with van der Waals surface area (Å²) in [6, 6.07) is 1.59. The minimum Gasteiger partial charge on any atom is -0.504 e. The van der Waals surface area contributed by atoms with Crippen molar-refractivity contribution in [2.24, 2.45) is 5.73 Å². The average molecular weight is 274 g/mol. The standard InChI is InChI=1S/C12H16ClNO4/c1-3-6-4-8(18-2)11(15)9(10(6)13)7(5-14)12(16)17/h4,7,15H,3,5,14H2,1-2H3,(H,16,17). The first-order valence-electron chi connectivity index (χ1n) is 5.48. The average Bonchev–Trinajstić information content (AvgIpc) is 2.34. The fourth-order valence-corrected chi connectivity index (χ4v) is 2.18. The second kappa shape index (κ2) is 5.93. The summed E-state index contributed by atoms with van der Waals surface area (Å²) in [7, 11) is 1.39. The molecule has 5 nitrogen and oxygen atoms in total. The van der Waals surface area contributed by atoms with Gasteiger partial charge in [0.05, 0.1) is 18.1 Å². The fourth-order valence-electron chi connectivity index (χ4n) is 1.77. The third-order valence-electron chi connectivity index (χ3n) is 2.80. The number of carbonyl (C=O) groups is 1. The summed E-state index contributed by atoms with van der Waals surface area (Å²) < 4.78 is 5.02. The molecule has 0 aliphatic rings. The Bertz CT molecular complexity index is 434. The third kappa shape index (κ3) is 2.52. The summed E-state index contributed by atoms with van der Waals surface area (Å²) in [5.74, 6) is -2.26. The lowest BCUT2D eigenvalue weighted by Gasteiger charge is -2.18. The molecule has 1 aromatic rings. The van der Waals surface area contributed by atoms with Crippen molar-refractivity contribution in [3.63, 3.8) is 0 Å². The molecular formula is C12H16ClNO4. The molecular weight excluding hydrogens is 258 g/mol. The van der Waals surface area contributed by atoms with Crippen LogP contribution in [0, 0.1) is 0 Å². The number of nitrogens with two attached hydrogens (primary N) is 1. The van der Waals surface area contributed by atoms with Crippen molar-refractivity contribution in [3.05, 3.63) is 22.2 Å². The summed E-state index contributed by atoms with van der Waals surface area (Å²) in [6.45, 7) is 1.72. The number of carboxylic acid groups (broad SMARTS) is 1. The number of halogens is 1. The molecule has 0 saturated carbocycles. The third-order valence-corrected chi connectivity index (χ3v) is 3.24. The number of aromatic hydroxyl groups is 1. The highest BCUT2D eigenvalue weighted by molar-refractivity contribution is 6.32. The SMILES string of the molecule is CCc1cc(OC)c(O)c(C(CN)C(=O)O)c1Cl. The van der Waals surface area contributed by atoms with E-state index in [9.17, 15) is 9.90 Å². The second-order valence-electron chi connectivity index (χ2n) is 3.79. The molecule has 0 bridgehead atoms. The van der Waals surface area contributed by atoms with Gasteiger partial charge < -0.3 is 20.7 Å².